The Balaban J connectivity index is 0.00000497. The van der Waals surface area contributed by atoms with E-state index in [1.54, 1.807) is 23.9 Å². The molecule has 2 heterocycles. The van der Waals surface area contributed by atoms with Crippen LogP contribution in [0, 0.1) is 10.1 Å². The van der Waals surface area contributed by atoms with Gasteiger partial charge in [0.1, 0.15) is 5.69 Å². The summed E-state index contributed by atoms with van der Waals surface area (Å²) < 4.78 is 28.7. The average Bonchev–Trinajstić information content (AvgIpc) is 3.17. The molecule has 5 aromatic rings. The molecule has 0 saturated carbocycles. The molecule has 0 spiro atoms. The van der Waals surface area contributed by atoms with Gasteiger partial charge >= 0.3 is 0 Å². The number of piperazine rings is 1. The minimum Gasteiger partial charge on any atom is -0.379 e. The van der Waals surface area contributed by atoms with E-state index in [4.69, 9.17) is 0 Å². The second kappa shape index (κ2) is 17.5. The number of sulfonamides is 1. The van der Waals surface area contributed by atoms with E-state index in [1.807, 2.05) is 42.5 Å². The molecule has 2 aliphatic rings. The topological polar surface area (TPSA) is 125 Å². The highest BCUT2D eigenvalue weighted by Crippen LogP contribution is 2.34. The lowest BCUT2D eigenvalue weighted by molar-refractivity contribution is -0.384. The van der Waals surface area contributed by atoms with Gasteiger partial charge in [0.2, 0.25) is 0 Å². The Hall–Kier alpha value is -4.88. The molecular weight excluding hydrogens is 742 g/mol. The second-order valence-corrected chi connectivity index (χ2v) is 16.2. The number of nitro groups is 1. The summed E-state index contributed by atoms with van der Waals surface area (Å²) in [6.45, 7) is 4.02. The van der Waals surface area contributed by atoms with E-state index in [0.29, 0.717) is 18.3 Å². The lowest BCUT2D eigenvalue weighted by atomic mass is 9.92. The fraction of sp³-hybridized carbons (Fsp3) is 0.244. The number of thioether (sulfide) groups is 1. The molecule has 13 heteroatoms. The first-order valence-corrected chi connectivity index (χ1v) is 20.2. The number of nitrogens with one attached hydrogen (secondary N) is 2. The Labute approximate surface area is 326 Å². The first kappa shape index (κ1) is 38.8. The van der Waals surface area contributed by atoms with Crippen LogP contribution in [-0.2, 0) is 29.4 Å². The Bertz CT molecular complexity index is 2210. The third-order valence-corrected chi connectivity index (χ3v) is 12.2. The number of nitro benzene ring substituents is 1. The minimum atomic E-state index is -4.39. The lowest BCUT2D eigenvalue weighted by Gasteiger charge is -2.46. The minimum absolute atomic E-state index is 0. The number of aryl methyl sites for hydroxylation is 1. The van der Waals surface area contributed by atoms with Gasteiger partial charge in [0, 0.05) is 66.7 Å². The molecule has 2 aliphatic heterocycles. The molecule has 0 aliphatic carbocycles. The van der Waals surface area contributed by atoms with E-state index >= 15 is 0 Å². The molecule has 54 heavy (non-hydrogen) atoms. The molecule has 10 nitrogen and oxygen atoms in total. The summed E-state index contributed by atoms with van der Waals surface area (Å²) >= 11 is 1.60. The predicted octanol–water partition coefficient (Wildman–Crippen LogP) is 7.57. The van der Waals surface area contributed by atoms with Gasteiger partial charge in [-0.25, -0.2) is 13.1 Å². The maximum Gasteiger partial charge on any atom is 0.293 e. The van der Waals surface area contributed by atoms with Crippen molar-refractivity contribution in [2.45, 2.75) is 41.6 Å². The fourth-order valence-corrected chi connectivity index (χ4v) is 8.97. The van der Waals surface area contributed by atoms with Crippen molar-refractivity contribution in [3.05, 3.63) is 159 Å². The average molecular weight is 784 g/mol. The number of amides is 1. The summed E-state index contributed by atoms with van der Waals surface area (Å²) in [5.74, 6) is -0.129. The zero-order valence-electron chi connectivity index (χ0n) is 29.6. The highest BCUT2D eigenvalue weighted by molar-refractivity contribution is 7.99. The molecule has 1 saturated heterocycles. The van der Waals surface area contributed by atoms with Crippen LogP contribution < -0.4 is 14.9 Å². The van der Waals surface area contributed by atoms with Crippen molar-refractivity contribution in [3.8, 4) is 0 Å². The van der Waals surface area contributed by atoms with Crippen LogP contribution in [0.1, 0.15) is 39.0 Å². The fourth-order valence-electron chi connectivity index (χ4n) is 7.19. The third kappa shape index (κ3) is 9.25. The van der Waals surface area contributed by atoms with Crippen LogP contribution >= 0.6 is 24.2 Å². The van der Waals surface area contributed by atoms with Gasteiger partial charge in [-0.15, -0.1) is 24.2 Å². The largest absolute Gasteiger partial charge is 0.379 e. The lowest BCUT2D eigenvalue weighted by Crippen LogP contribution is -2.54. The molecular formula is C41H42ClN5O5S2. The number of rotatable bonds is 13. The van der Waals surface area contributed by atoms with E-state index in [9.17, 15) is 23.3 Å². The van der Waals surface area contributed by atoms with Crippen molar-refractivity contribution >= 4 is 57.2 Å². The van der Waals surface area contributed by atoms with Crippen molar-refractivity contribution in [2.24, 2.45) is 0 Å². The van der Waals surface area contributed by atoms with Crippen LogP contribution in [0.3, 0.4) is 0 Å². The molecule has 1 fully saturated rings. The monoisotopic (exact) mass is 783 g/mol. The Morgan fingerprint density at radius 2 is 1.59 bits per heavy atom. The number of nitrogens with zero attached hydrogens (tertiary/aromatic N) is 3. The molecule has 1 amide bonds. The van der Waals surface area contributed by atoms with Crippen LogP contribution in [0.25, 0.3) is 0 Å². The van der Waals surface area contributed by atoms with E-state index in [-0.39, 0.29) is 34.2 Å². The van der Waals surface area contributed by atoms with Gasteiger partial charge in [-0.2, -0.15) is 0 Å². The van der Waals surface area contributed by atoms with Crippen LogP contribution in [0.2, 0.25) is 0 Å². The van der Waals surface area contributed by atoms with Crippen molar-refractivity contribution in [1.82, 2.24) is 9.62 Å². The zero-order valence-corrected chi connectivity index (χ0v) is 32.0. The quantitative estimate of drug-likeness (QED) is 0.0539. The maximum absolute atomic E-state index is 13.3. The number of fused-ring (bicyclic) bond motifs is 3. The summed E-state index contributed by atoms with van der Waals surface area (Å²) in [6, 6.07) is 38.3. The smallest absolute Gasteiger partial charge is 0.293 e. The number of carbonyl (C=O) groups excluding carboxylic acids is 1. The molecule has 0 unspecified atom stereocenters. The normalized spacial score (nSPS) is 15.3. The van der Waals surface area contributed by atoms with Gasteiger partial charge in [-0.3, -0.25) is 19.8 Å². The molecule has 5 aromatic carbocycles. The Morgan fingerprint density at radius 3 is 2.35 bits per heavy atom. The number of benzene rings is 5. The molecule has 2 N–H and O–H groups in total. The predicted molar refractivity (Wildman–Crippen MR) is 218 cm³/mol. The summed E-state index contributed by atoms with van der Waals surface area (Å²) in [5, 5.41) is 14.9. The highest BCUT2D eigenvalue weighted by Gasteiger charge is 2.32. The summed E-state index contributed by atoms with van der Waals surface area (Å²) in [7, 11) is -4.39. The number of halogens is 1. The highest BCUT2D eigenvalue weighted by atomic mass is 35.5. The Kier molecular flexibility index (Phi) is 12.6. The molecule has 7 rings (SSSR count). The summed E-state index contributed by atoms with van der Waals surface area (Å²) in [5.41, 5.74) is 6.12. The third-order valence-electron chi connectivity index (χ3n) is 9.85. The van der Waals surface area contributed by atoms with E-state index in [2.05, 4.69) is 68.4 Å². The van der Waals surface area contributed by atoms with Crippen LogP contribution in [0.5, 0.6) is 0 Å². The maximum atomic E-state index is 13.3. The molecule has 280 valence electrons. The SMILES string of the molecule is Cl.O=C(NS(=O)(=O)c1ccc(NCCSc2ccccc2)c([N+](=O)[O-])c1)c1ccc2c(c1)CC[C@@H]1CN(Cc3ccccc3Cc3ccccc3)CCN21. The standard InChI is InChI=1S/C41H41N5O5S2.ClH/c47-41(43-53(50,51)37-18-19-38(40(27-37)46(48)49)42-21-24-52-36-13-5-2-6-14-36)33-16-20-39-32(26-33)15-17-35-29-44(22-23-45(35)39)28-34-12-8-7-11-31(34)25-30-9-3-1-4-10-30;/h1-14,16,18-20,26-27,35,42H,15,17,21-25,28-29H2,(H,43,47);1H/t35-;/m1./s1. The van der Waals surface area contributed by atoms with E-state index < -0.39 is 20.9 Å². The summed E-state index contributed by atoms with van der Waals surface area (Å²) in [6.07, 6.45) is 2.60. The van der Waals surface area contributed by atoms with E-state index in [1.165, 1.54) is 28.8 Å². The van der Waals surface area contributed by atoms with Crippen molar-refractivity contribution in [2.75, 3.05) is 42.1 Å². The Morgan fingerprint density at radius 1 is 0.870 bits per heavy atom. The number of anilines is 2. The molecule has 0 bridgehead atoms. The molecule has 0 aromatic heterocycles. The van der Waals surface area contributed by atoms with Crippen molar-refractivity contribution < 1.29 is 18.1 Å². The van der Waals surface area contributed by atoms with Gasteiger partial charge in [0.05, 0.1) is 9.82 Å². The van der Waals surface area contributed by atoms with Crippen LogP contribution in [0.4, 0.5) is 17.1 Å². The number of hydrogen-bond acceptors (Lipinski definition) is 9. The van der Waals surface area contributed by atoms with Gasteiger partial charge < -0.3 is 10.2 Å². The molecule has 1 atom stereocenters. The number of carbonyl (C=O) groups is 1. The second-order valence-electron chi connectivity index (χ2n) is 13.4. The zero-order chi connectivity index (χ0) is 36.8. The first-order valence-electron chi connectivity index (χ1n) is 17.7. The van der Waals surface area contributed by atoms with Gasteiger partial charge in [-0.1, -0.05) is 72.8 Å². The van der Waals surface area contributed by atoms with Gasteiger partial charge in [-0.05, 0) is 84.0 Å². The summed E-state index contributed by atoms with van der Waals surface area (Å²) in [4.78, 5) is 30.2. The van der Waals surface area contributed by atoms with Gasteiger partial charge in [0.25, 0.3) is 21.6 Å². The van der Waals surface area contributed by atoms with Crippen LogP contribution in [0.15, 0.2) is 131 Å². The van der Waals surface area contributed by atoms with Crippen molar-refractivity contribution in [1.29, 1.82) is 0 Å². The van der Waals surface area contributed by atoms with Crippen molar-refractivity contribution in [3.63, 3.8) is 0 Å². The number of hydrogen-bond donors (Lipinski definition) is 2. The molecule has 0 radical (unpaired) electrons. The van der Waals surface area contributed by atoms with Crippen LogP contribution in [-0.4, -0.2) is 62.1 Å². The van der Waals surface area contributed by atoms with E-state index in [0.717, 1.165) is 67.7 Å². The van der Waals surface area contributed by atoms with Gasteiger partial charge in [0.15, 0.2) is 0 Å². The first-order chi connectivity index (χ1) is 25.7.